The highest BCUT2D eigenvalue weighted by Crippen LogP contribution is 2.10. The molecule has 1 aliphatic heterocycles. The number of nitrogens with zero attached hydrogens (tertiary/aromatic N) is 3. The van der Waals surface area contributed by atoms with Crippen LogP contribution in [0.1, 0.15) is 12.8 Å². The van der Waals surface area contributed by atoms with E-state index in [1.54, 1.807) is 6.07 Å². The molecule has 0 amide bonds. The van der Waals surface area contributed by atoms with Crippen molar-refractivity contribution >= 4 is 5.82 Å². The summed E-state index contributed by atoms with van der Waals surface area (Å²) in [5.41, 5.74) is 5.40. The molecule has 0 saturated carbocycles. The third-order valence-corrected chi connectivity index (χ3v) is 3.29. The third-order valence-electron chi connectivity index (χ3n) is 3.29. The second-order valence-corrected chi connectivity index (χ2v) is 4.59. The number of aromatic nitrogens is 2. The van der Waals surface area contributed by atoms with Gasteiger partial charge in [-0.2, -0.15) is 0 Å². The van der Waals surface area contributed by atoms with Gasteiger partial charge in [-0.1, -0.05) is 0 Å². The number of rotatable bonds is 5. The van der Waals surface area contributed by atoms with E-state index in [4.69, 9.17) is 5.73 Å². The number of nitrogens with two attached hydrogens (primary N) is 1. The van der Waals surface area contributed by atoms with Gasteiger partial charge in [-0.25, -0.2) is 4.98 Å². The quantitative estimate of drug-likeness (QED) is 0.698. The van der Waals surface area contributed by atoms with Gasteiger partial charge in [0.2, 0.25) is 0 Å². The van der Waals surface area contributed by atoms with Gasteiger partial charge in [0.05, 0.1) is 6.33 Å². The van der Waals surface area contributed by atoms with Crippen molar-refractivity contribution in [1.29, 1.82) is 0 Å². The molecular formula is C12H21N5O. The van der Waals surface area contributed by atoms with E-state index in [1.807, 2.05) is 0 Å². The molecular weight excluding hydrogens is 230 g/mol. The van der Waals surface area contributed by atoms with Gasteiger partial charge >= 0.3 is 0 Å². The maximum absolute atomic E-state index is 11.2. The minimum Gasteiger partial charge on any atom is -0.354 e. The fourth-order valence-corrected chi connectivity index (χ4v) is 2.21. The molecule has 0 spiro atoms. The zero-order valence-corrected chi connectivity index (χ0v) is 10.6. The van der Waals surface area contributed by atoms with Crippen LogP contribution >= 0.6 is 0 Å². The number of unbranched alkanes of at least 4 members (excludes halogenated alkanes) is 1. The van der Waals surface area contributed by atoms with Crippen LogP contribution in [0.25, 0.3) is 0 Å². The summed E-state index contributed by atoms with van der Waals surface area (Å²) in [6.07, 6.45) is 3.72. The maximum atomic E-state index is 11.2. The van der Waals surface area contributed by atoms with Gasteiger partial charge in [-0.15, -0.1) is 0 Å². The number of piperazine rings is 1. The molecule has 1 aromatic rings. The van der Waals surface area contributed by atoms with Crippen LogP contribution in [0.15, 0.2) is 17.2 Å². The van der Waals surface area contributed by atoms with E-state index in [0.717, 1.165) is 51.5 Å². The van der Waals surface area contributed by atoms with E-state index in [-0.39, 0.29) is 5.56 Å². The van der Waals surface area contributed by atoms with Crippen LogP contribution in [0.5, 0.6) is 0 Å². The van der Waals surface area contributed by atoms with E-state index in [2.05, 4.69) is 19.8 Å². The molecule has 0 radical (unpaired) electrons. The normalized spacial score (nSPS) is 17.1. The second kappa shape index (κ2) is 6.51. The number of aromatic amines is 1. The van der Waals surface area contributed by atoms with E-state index in [9.17, 15) is 4.79 Å². The molecule has 1 aliphatic rings. The van der Waals surface area contributed by atoms with Crippen LogP contribution in [0, 0.1) is 0 Å². The van der Waals surface area contributed by atoms with Crippen molar-refractivity contribution in [2.24, 2.45) is 5.73 Å². The first-order chi connectivity index (χ1) is 8.79. The van der Waals surface area contributed by atoms with Crippen molar-refractivity contribution in [3.63, 3.8) is 0 Å². The minimum absolute atomic E-state index is 0.0922. The summed E-state index contributed by atoms with van der Waals surface area (Å²) in [6.45, 7) is 5.81. The summed E-state index contributed by atoms with van der Waals surface area (Å²) in [6, 6.07) is 1.56. The second-order valence-electron chi connectivity index (χ2n) is 4.59. The summed E-state index contributed by atoms with van der Waals surface area (Å²) < 4.78 is 0. The zero-order valence-electron chi connectivity index (χ0n) is 10.6. The monoisotopic (exact) mass is 251 g/mol. The molecule has 2 rings (SSSR count). The molecule has 1 aromatic heterocycles. The third kappa shape index (κ3) is 3.54. The smallest absolute Gasteiger partial charge is 0.252 e. The lowest BCUT2D eigenvalue weighted by Crippen LogP contribution is -2.47. The van der Waals surface area contributed by atoms with Crippen LogP contribution in [-0.2, 0) is 0 Å². The summed E-state index contributed by atoms with van der Waals surface area (Å²) in [5.74, 6) is 0.778. The maximum Gasteiger partial charge on any atom is 0.252 e. The number of hydrogen-bond acceptors (Lipinski definition) is 5. The molecule has 1 fully saturated rings. The van der Waals surface area contributed by atoms with Crippen LogP contribution in [-0.4, -0.2) is 54.1 Å². The fraction of sp³-hybridized carbons (Fsp3) is 0.667. The Kier molecular flexibility index (Phi) is 4.72. The Hall–Kier alpha value is -1.40. The molecule has 0 aliphatic carbocycles. The Balaban J connectivity index is 1.81. The summed E-state index contributed by atoms with van der Waals surface area (Å²) in [5, 5.41) is 0. The molecule has 18 heavy (non-hydrogen) atoms. The molecule has 6 heteroatoms. The average molecular weight is 251 g/mol. The Morgan fingerprint density at radius 2 is 2.06 bits per heavy atom. The predicted molar refractivity (Wildman–Crippen MR) is 71.8 cm³/mol. The number of nitrogens with one attached hydrogen (secondary N) is 1. The standard InChI is InChI=1S/C12H21N5O/c13-3-1-2-4-16-5-7-17(8-6-16)11-9-12(18)15-10-14-11/h9-10H,1-8,13H2,(H,14,15,18). The number of anilines is 1. The first-order valence-electron chi connectivity index (χ1n) is 6.51. The Bertz CT molecular complexity index is 411. The van der Waals surface area contributed by atoms with Gasteiger partial charge in [-0.05, 0) is 25.9 Å². The van der Waals surface area contributed by atoms with Crippen molar-refractivity contribution in [2.45, 2.75) is 12.8 Å². The molecule has 0 atom stereocenters. The van der Waals surface area contributed by atoms with E-state index in [1.165, 1.54) is 12.7 Å². The lowest BCUT2D eigenvalue weighted by molar-refractivity contribution is 0.253. The molecule has 3 N–H and O–H groups in total. The largest absolute Gasteiger partial charge is 0.354 e. The molecule has 2 heterocycles. The molecule has 100 valence electrons. The van der Waals surface area contributed by atoms with E-state index < -0.39 is 0 Å². The summed E-state index contributed by atoms with van der Waals surface area (Å²) in [7, 11) is 0. The zero-order chi connectivity index (χ0) is 12.8. The molecule has 6 nitrogen and oxygen atoms in total. The number of hydrogen-bond donors (Lipinski definition) is 2. The highest BCUT2D eigenvalue weighted by Gasteiger charge is 2.17. The SMILES string of the molecule is NCCCCN1CCN(c2cc(=O)[nH]cn2)CC1. The van der Waals surface area contributed by atoms with Gasteiger partial charge in [-0.3, -0.25) is 9.69 Å². The minimum atomic E-state index is -0.0922. The van der Waals surface area contributed by atoms with E-state index >= 15 is 0 Å². The lowest BCUT2D eigenvalue weighted by atomic mass is 10.2. The van der Waals surface area contributed by atoms with Crippen molar-refractivity contribution in [1.82, 2.24) is 14.9 Å². The fourth-order valence-electron chi connectivity index (χ4n) is 2.21. The number of H-pyrrole nitrogens is 1. The van der Waals surface area contributed by atoms with Crippen molar-refractivity contribution < 1.29 is 0 Å². The van der Waals surface area contributed by atoms with Crippen LogP contribution in [0.2, 0.25) is 0 Å². The van der Waals surface area contributed by atoms with Crippen LogP contribution in [0.3, 0.4) is 0 Å². The average Bonchev–Trinajstić information content (AvgIpc) is 2.40. The Labute approximate surface area is 107 Å². The van der Waals surface area contributed by atoms with E-state index in [0.29, 0.717) is 0 Å². The van der Waals surface area contributed by atoms with Gasteiger partial charge in [0.25, 0.3) is 5.56 Å². The Morgan fingerprint density at radius 3 is 2.72 bits per heavy atom. The van der Waals surface area contributed by atoms with Crippen molar-refractivity contribution in [3.8, 4) is 0 Å². The first kappa shape index (κ1) is 13.0. The van der Waals surface area contributed by atoms with Gasteiger partial charge < -0.3 is 15.6 Å². The highest BCUT2D eigenvalue weighted by molar-refractivity contribution is 5.36. The molecule has 0 bridgehead atoms. The van der Waals surface area contributed by atoms with Gasteiger partial charge in [0, 0.05) is 32.2 Å². The van der Waals surface area contributed by atoms with Crippen molar-refractivity contribution in [3.05, 3.63) is 22.7 Å². The van der Waals surface area contributed by atoms with Crippen LogP contribution in [0.4, 0.5) is 5.82 Å². The topological polar surface area (TPSA) is 78.2 Å². The summed E-state index contributed by atoms with van der Waals surface area (Å²) >= 11 is 0. The Morgan fingerprint density at radius 1 is 1.28 bits per heavy atom. The summed E-state index contributed by atoms with van der Waals surface area (Å²) in [4.78, 5) is 22.6. The van der Waals surface area contributed by atoms with Gasteiger partial charge in [0.15, 0.2) is 0 Å². The molecule has 0 aromatic carbocycles. The predicted octanol–water partition coefficient (Wildman–Crippen LogP) is -0.369. The molecule has 0 unspecified atom stereocenters. The lowest BCUT2D eigenvalue weighted by Gasteiger charge is -2.35. The van der Waals surface area contributed by atoms with Crippen LogP contribution < -0.4 is 16.2 Å². The van der Waals surface area contributed by atoms with Crippen molar-refractivity contribution in [2.75, 3.05) is 44.2 Å². The van der Waals surface area contributed by atoms with Gasteiger partial charge in [0.1, 0.15) is 5.82 Å². The molecule has 1 saturated heterocycles. The first-order valence-corrected chi connectivity index (χ1v) is 6.51. The highest BCUT2D eigenvalue weighted by atomic mass is 16.1.